The summed E-state index contributed by atoms with van der Waals surface area (Å²) in [6.07, 6.45) is 9.19. The predicted octanol–water partition coefficient (Wildman–Crippen LogP) is 3.42. The molecule has 1 aromatic carbocycles. The second-order valence-electron chi connectivity index (χ2n) is 5.36. The quantitative estimate of drug-likeness (QED) is 0.391. The first kappa shape index (κ1) is 15.7. The number of thioether (sulfide) groups is 1. The van der Waals surface area contributed by atoms with E-state index in [0.717, 1.165) is 41.6 Å². The minimum Gasteiger partial charge on any atom is -0.337 e. The SMILES string of the molecule is Nn1cc(-c2ccccc2)nc1SCCCCCn1cccn1. The number of nitrogens with zero attached hydrogens (tertiary/aromatic N) is 4. The van der Waals surface area contributed by atoms with Crippen LogP contribution in [0.1, 0.15) is 19.3 Å². The first-order valence-corrected chi connectivity index (χ1v) is 8.81. The van der Waals surface area contributed by atoms with Gasteiger partial charge in [0.05, 0.1) is 11.9 Å². The molecule has 0 radical (unpaired) electrons. The van der Waals surface area contributed by atoms with Gasteiger partial charge in [-0.1, -0.05) is 48.5 Å². The van der Waals surface area contributed by atoms with E-state index in [1.54, 1.807) is 16.4 Å². The third-order valence-electron chi connectivity index (χ3n) is 3.59. The highest BCUT2D eigenvalue weighted by molar-refractivity contribution is 7.99. The number of hydrogen-bond acceptors (Lipinski definition) is 4. The van der Waals surface area contributed by atoms with Gasteiger partial charge < -0.3 is 5.84 Å². The molecule has 2 heterocycles. The summed E-state index contributed by atoms with van der Waals surface area (Å²) in [5.41, 5.74) is 2.02. The molecule has 0 atom stereocenters. The normalized spacial score (nSPS) is 11.0. The summed E-state index contributed by atoms with van der Waals surface area (Å²) in [5, 5.41) is 5.08. The fourth-order valence-corrected chi connectivity index (χ4v) is 3.28. The topological polar surface area (TPSA) is 61.7 Å². The molecule has 0 saturated heterocycles. The molecule has 3 rings (SSSR count). The van der Waals surface area contributed by atoms with Crippen LogP contribution in [0.4, 0.5) is 0 Å². The first-order valence-electron chi connectivity index (χ1n) is 7.83. The molecule has 0 bridgehead atoms. The lowest BCUT2D eigenvalue weighted by atomic mass is 10.2. The number of imidazole rings is 1. The van der Waals surface area contributed by atoms with E-state index in [2.05, 4.69) is 10.1 Å². The van der Waals surface area contributed by atoms with Crippen molar-refractivity contribution in [3.63, 3.8) is 0 Å². The van der Waals surface area contributed by atoms with Crippen molar-refractivity contribution in [3.05, 3.63) is 55.0 Å². The second kappa shape index (κ2) is 7.87. The zero-order valence-corrected chi connectivity index (χ0v) is 13.8. The lowest BCUT2D eigenvalue weighted by Crippen LogP contribution is -2.07. The monoisotopic (exact) mass is 327 g/mol. The van der Waals surface area contributed by atoms with Gasteiger partial charge in [-0.2, -0.15) is 5.10 Å². The number of benzene rings is 1. The zero-order valence-electron chi connectivity index (χ0n) is 13.0. The molecule has 0 aliphatic rings. The maximum Gasteiger partial charge on any atom is 0.187 e. The fraction of sp³-hybridized carbons (Fsp3) is 0.294. The molecule has 23 heavy (non-hydrogen) atoms. The summed E-state index contributed by atoms with van der Waals surface area (Å²) in [4.78, 5) is 4.63. The lowest BCUT2D eigenvalue weighted by Gasteiger charge is -2.02. The predicted molar refractivity (Wildman–Crippen MR) is 94.6 cm³/mol. The highest BCUT2D eigenvalue weighted by Crippen LogP contribution is 2.23. The van der Waals surface area contributed by atoms with Gasteiger partial charge in [0.2, 0.25) is 0 Å². The molecule has 6 heteroatoms. The van der Waals surface area contributed by atoms with Crippen LogP contribution < -0.4 is 5.84 Å². The highest BCUT2D eigenvalue weighted by Gasteiger charge is 2.08. The van der Waals surface area contributed by atoms with E-state index in [-0.39, 0.29) is 0 Å². The van der Waals surface area contributed by atoms with Crippen molar-refractivity contribution >= 4 is 11.8 Å². The van der Waals surface area contributed by atoms with Crippen LogP contribution in [-0.4, -0.2) is 25.2 Å². The summed E-state index contributed by atoms with van der Waals surface area (Å²) in [5.74, 6) is 7.03. The Balaban J connectivity index is 1.43. The first-order chi connectivity index (χ1) is 11.3. The molecule has 0 amide bonds. The Morgan fingerprint density at radius 2 is 1.91 bits per heavy atom. The Morgan fingerprint density at radius 3 is 2.70 bits per heavy atom. The average molecular weight is 327 g/mol. The maximum absolute atomic E-state index is 6.01. The van der Waals surface area contributed by atoms with Crippen molar-refractivity contribution in [2.45, 2.75) is 31.0 Å². The van der Waals surface area contributed by atoms with E-state index in [9.17, 15) is 0 Å². The van der Waals surface area contributed by atoms with Gasteiger partial charge in [0.1, 0.15) is 0 Å². The molecule has 2 N–H and O–H groups in total. The smallest absolute Gasteiger partial charge is 0.187 e. The molecule has 120 valence electrons. The van der Waals surface area contributed by atoms with Gasteiger partial charge >= 0.3 is 0 Å². The van der Waals surface area contributed by atoms with Gasteiger partial charge in [-0.3, -0.25) is 4.68 Å². The summed E-state index contributed by atoms with van der Waals surface area (Å²) >= 11 is 1.71. The van der Waals surface area contributed by atoms with Crippen LogP contribution in [0.5, 0.6) is 0 Å². The molecular weight excluding hydrogens is 306 g/mol. The van der Waals surface area contributed by atoms with Crippen molar-refractivity contribution in [1.29, 1.82) is 0 Å². The third kappa shape index (κ3) is 4.39. The van der Waals surface area contributed by atoms with Gasteiger partial charge in [0.15, 0.2) is 5.16 Å². The van der Waals surface area contributed by atoms with Crippen molar-refractivity contribution in [1.82, 2.24) is 19.4 Å². The van der Waals surface area contributed by atoms with Crippen LogP contribution in [-0.2, 0) is 6.54 Å². The van der Waals surface area contributed by atoms with Crippen LogP contribution in [0.25, 0.3) is 11.3 Å². The number of hydrogen-bond donors (Lipinski definition) is 1. The van der Waals surface area contributed by atoms with Crippen molar-refractivity contribution in [3.8, 4) is 11.3 Å². The van der Waals surface area contributed by atoms with Gasteiger partial charge in [0.25, 0.3) is 0 Å². The number of rotatable bonds is 8. The van der Waals surface area contributed by atoms with Gasteiger partial charge in [-0.25, -0.2) is 9.66 Å². The van der Waals surface area contributed by atoms with Crippen molar-refractivity contribution in [2.24, 2.45) is 0 Å². The van der Waals surface area contributed by atoms with Gasteiger partial charge in [-0.15, -0.1) is 0 Å². The summed E-state index contributed by atoms with van der Waals surface area (Å²) in [7, 11) is 0. The molecule has 0 fully saturated rings. The maximum atomic E-state index is 6.01. The van der Waals surface area contributed by atoms with Crippen molar-refractivity contribution < 1.29 is 0 Å². The summed E-state index contributed by atoms with van der Waals surface area (Å²) in [6.45, 7) is 0.987. The van der Waals surface area contributed by atoms with E-state index in [1.807, 2.05) is 59.7 Å². The van der Waals surface area contributed by atoms with Crippen molar-refractivity contribution in [2.75, 3.05) is 11.6 Å². The summed E-state index contributed by atoms with van der Waals surface area (Å²) < 4.78 is 3.60. The molecular formula is C17H21N5S. The second-order valence-corrected chi connectivity index (χ2v) is 6.42. The van der Waals surface area contributed by atoms with Crippen LogP contribution >= 0.6 is 11.8 Å². The standard InChI is InChI=1S/C17H21N5S/c18-22-14-16(15-8-3-1-4-9-15)20-17(22)23-13-6-2-5-11-21-12-7-10-19-21/h1,3-4,7-10,12,14H,2,5-6,11,13,18H2. The number of unbranched alkanes of at least 4 members (excludes halogenated alkanes) is 2. The highest BCUT2D eigenvalue weighted by atomic mass is 32.2. The largest absolute Gasteiger partial charge is 0.337 e. The molecule has 5 nitrogen and oxygen atoms in total. The van der Waals surface area contributed by atoms with Crippen LogP contribution in [0.2, 0.25) is 0 Å². The third-order valence-corrected chi connectivity index (χ3v) is 4.64. The van der Waals surface area contributed by atoms with Gasteiger partial charge in [0, 0.05) is 30.3 Å². The number of nitrogens with two attached hydrogens (primary N) is 1. The van der Waals surface area contributed by atoms with Crippen LogP contribution in [0, 0.1) is 0 Å². The Labute approximate surface area is 140 Å². The Hall–Kier alpha value is -2.21. The minimum atomic E-state index is 0.871. The molecule has 0 spiro atoms. The molecule has 0 unspecified atom stereocenters. The molecule has 0 aliphatic carbocycles. The zero-order chi connectivity index (χ0) is 15.9. The number of aryl methyl sites for hydroxylation is 1. The average Bonchev–Trinajstić information content (AvgIpc) is 3.22. The number of aromatic nitrogens is 4. The van der Waals surface area contributed by atoms with Crippen LogP contribution in [0.3, 0.4) is 0 Å². The van der Waals surface area contributed by atoms with Crippen LogP contribution in [0.15, 0.2) is 60.1 Å². The van der Waals surface area contributed by atoms with E-state index in [0.29, 0.717) is 0 Å². The molecule has 0 aliphatic heterocycles. The minimum absolute atomic E-state index is 0.871. The Kier molecular flexibility index (Phi) is 5.37. The molecule has 3 aromatic rings. The lowest BCUT2D eigenvalue weighted by molar-refractivity contribution is 0.554. The molecule has 0 saturated carbocycles. The summed E-state index contributed by atoms with van der Waals surface area (Å²) in [6, 6.07) is 12.1. The van der Waals surface area contributed by atoms with E-state index < -0.39 is 0 Å². The fourth-order valence-electron chi connectivity index (χ4n) is 2.38. The van der Waals surface area contributed by atoms with E-state index in [4.69, 9.17) is 5.84 Å². The number of nitrogen functional groups attached to an aromatic ring is 1. The van der Waals surface area contributed by atoms with E-state index in [1.165, 1.54) is 6.42 Å². The Morgan fingerprint density at radius 1 is 1.04 bits per heavy atom. The van der Waals surface area contributed by atoms with Gasteiger partial charge in [-0.05, 0) is 18.9 Å². The molecule has 2 aromatic heterocycles. The van der Waals surface area contributed by atoms with E-state index >= 15 is 0 Å². The Bertz CT molecular complexity index is 706.